The highest BCUT2D eigenvalue weighted by Gasteiger charge is 2.32. The van der Waals surface area contributed by atoms with E-state index in [-0.39, 0.29) is 10.8 Å². The molecule has 29 heavy (non-hydrogen) atoms. The highest BCUT2D eigenvalue weighted by molar-refractivity contribution is 7.89. The Bertz CT molecular complexity index is 906. The molecule has 2 aromatic rings. The molecule has 0 saturated carbocycles. The Morgan fingerprint density at radius 1 is 1.07 bits per heavy atom. The Kier molecular flexibility index (Phi) is 7.05. The van der Waals surface area contributed by atoms with Crippen LogP contribution in [0.4, 0.5) is 5.69 Å². The maximum Gasteiger partial charge on any atom is 0.243 e. The molecule has 1 heterocycles. The lowest BCUT2D eigenvalue weighted by Gasteiger charge is -2.35. The van der Waals surface area contributed by atoms with Gasteiger partial charge in [0.15, 0.2) is 0 Å². The molecule has 0 unspecified atom stereocenters. The lowest BCUT2D eigenvalue weighted by Crippen LogP contribution is -3.18. The van der Waals surface area contributed by atoms with Crippen LogP contribution in [0.2, 0.25) is 0 Å². The first kappa shape index (κ1) is 21.5. The van der Waals surface area contributed by atoms with Gasteiger partial charge in [-0.3, -0.25) is 4.79 Å². The van der Waals surface area contributed by atoms with Gasteiger partial charge in [-0.25, -0.2) is 8.42 Å². The molecule has 2 aromatic carbocycles. The summed E-state index contributed by atoms with van der Waals surface area (Å²) < 4.78 is 27.5. The molecule has 0 bridgehead atoms. The molecule has 1 amide bonds. The number of nitrogens with one attached hydrogen (secondary N) is 2. The van der Waals surface area contributed by atoms with E-state index in [0.717, 1.165) is 25.9 Å². The number of rotatable bonds is 7. The molecule has 0 aliphatic carbocycles. The van der Waals surface area contributed by atoms with Crippen LogP contribution in [0.15, 0.2) is 59.5 Å². The minimum Gasteiger partial charge on any atom is -0.331 e. The minimum atomic E-state index is -3.50. The Hall–Kier alpha value is -2.22. The third-order valence-corrected chi connectivity index (χ3v) is 7.50. The molecule has 1 aliphatic rings. The summed E-state index contributed by atoms with van der Waals surface area (Å²) in [6, 6.07) is 17.3. The van der Waals surface area contributed by atoms with Gasteiger partial charge in [0.1, 0.15) is 0 Å². The van der Waals surface area contributed by atoms with Crippen molar-refractivity contribution in [1.29, 1.82) is 0 Å². The summed E-state index contributed by atoms with van der Waals surface area (Å²) in [5.74, 6) is -0.180. The number of nitrogens with zero attached hydrogens (tertiary/aromatic N) is 1. The van der Waals surface area contributed by atoms with Crippen LogP contribution in [0.25, 0.3) is 0 Å². The van der Waals surface area contributed by atoms with Crippen molar-refractivity contribution in [3.63, 3.8) is 0 Å². The number of sulfonamides is 1. The van der Waals surface area contributed by atoms with Crippen molar-refractivity contribution < 1.29 is 18.1 Å². The zero-order valence-corrected chi connectivity index (χ0v) is 17.9. The van der Waals surface area contributed by atoms with E-state index in [1.165, 1.54) is 17.4 Å². The van der Waals surface area contributed by atoms with Crippen molar-refractivity contribution in [2.45, 2.75) is 37.6 Å². The maximum atomic E-state index is 12.9. The van der Waals surface area contributed by atoms with Crippen LogP contribution in [-0.2, 0) is 21.2 Å². The molecule has 0 spiro atoms. The second-order valence-electron chi connectivity index (χ2n) is 7.69. The molecule has 0 aromatic heterocycles. The van der Waals surface area contributed by atoms with Crippen LogP contribution in [0.3, 0.4) is 0 Å². The van der Waals surface area contributed by atoms with Gasteiger partial charge in [0.25, 0.3) is 0 Å². The topological polar surface area (TPSA) is 70.9 Å². The number of carbonyl (C=O) groups is 1. The highest BCUT2D eigenvalue weighted by atomic mass is 32.2. The van der Waals surface area contributed by atoms with Gasteiger partial charge in [0.05, 0.1) is 37.1 Å². The van der Waals surface area contributed by atoms with Crippen molar-refractivity contribution in [3.8, 4) is 0 Å². The molecular formula is C22H30N3O3S+. The van der Waals surface area contributed by atoms with Gasteiger partial charge < -0.3 is 10.2 Å². The average Bonchev–Trinajstić information content (AvgIpc) is 2.73. The van der Waals surface area contributed by atoms with Gasteiger partial charge in [-0.1, -0.05) is 30.3 Å². The maximum absolute atomic E-state index is 12.9. The first-order valence-electron chi connectivity index (χ1n) is 10.1. The fourth-order valence-electron chi connectivity index (χ4n) is 3.80. The summed E-state index contributed by atoms with van der Waals surface area (Å²) in [5.41, 5.74) is 1.95. The monoisotopic (exact) mass is 416 g/mol. The van der Waals surface area contributed by atoms with E-state index in [0.29, 0.717) is 24.8 Å². The van der Waals surface area contributed by atoms with Crippen LogP contribution in [0, 0.1) is 0 Å². The fraction of sp³-hybridized carbons (Fsp3) is 0.409. The Morgan fingerprint density at radius 3 is 2.28 bits per heavy atom. The van der Waals surface area contributed by atoms with Crippen LogP contribution in [0.1, 0.15) is 25.8 Å². The molecule has 1 aliphatic heterocycles. The lowest BCUT2D eigenvalue weighted by molar-refractivity contribution is -0.927. The third-order valence-electron chi connectivity index (χ3n) is 5.58. The van der Waals surface area contributed by atoms with Crippen molar-refractivity contribution in [1.82, 2.24) is 4.31 Å². The molecule has 3 rings (SSSR count). The minimum absolute atomic E-state index is 0.180. The highest BCUT2D eigenvalue weighted by Crippen LogP contribution is 2.18. The zero-order valence-electron chi connectivity index (χ0n) is 17.1. The fourth-order valence-corrected chi connectivity index (χ4v) is 5.24. The van der Waals surface area contributed by atoms with Crippen LogP contribution >= 0.6 is 0 Å². The van der Waals surface area contributed by atoms with Crippen molar-refractivity contribution in [2.24, 2.45) is 0 Å². The number of anilines is 1. The van der Waals surface area contributed by atoms with E-state index in [4.69, 9.17) is 0 Å². The quantitative estimate of drug-likeness (QED) is 0.720. The molecule has 7 heteroatoms. The van der Waals surface area contributed by atoms with E-state index < -0.39 is 10.0 Å². The smallest absolute Gasteiger partial charge is 0.243 e. The standard InChI is InChI=1S/C22H29N3O3S/c1-18(8-9-20-6-4-3-5-7-20)24-14-16-25(17-15-24)29(27,28)22-12-10-21(11-13-22)23-19(2)26/h3-7,10-13,18H,8-9,14-17H2,1-2H3,(H,23,26)/p+1/t18-/m1/s1. The summed E-state index contributed by atoms with van der Waals surface area (Å²) in [4.78, 5) is 12.9. The SMILES string of the molecule is CC(=O)Nc1ccc(S(=O)(=O)N2CC[NH+]([C@H](C)CCc3ccccc3)CC2)cc1. The summed E-state index contributed by atoms with van der Waals surface area (Å²) in [7, 11) is -3.50. The zero-order chi connectivity index (χ0) is 20.9. The largest absolute Gasteiger partial charge is 0.331 e. The molecule has 1 atom stereocenters. The van der Waals surface area contributed by atoms with Gasteiger partial charge in [0, 0.05) is 19.0 Å². The van der Waals surface area contributed by atoms with E-state index in [1.54, 1.807) is 28.6 Å². The number of hydrogen-bond acceptors (Lipinski definition) is 3. The number of piperazine rings is 1. The summed E-state index contributed by atoms with van der Waals surface area (Å²) >= 11 is 0. The summed E-state index contributed by atoms with van der Waals surface area (Å²) in [6.07, 6.45) is 2.14. The first-order chi connectivity index (χ1) is 13.9. The van der Waals surface area contributed by atoms with Crippen molar-refractivity contribution in [3.05, 3.63) is 60.2 Å². The number of aryl methyl sites for hydroxylation is 1. The second kappa shape index (κ2) is 9.52. The average molecular weight is 417 g/mol. The first-order valence-corrected chi connectivity index (χ1v) is 11.6. The van der Waals surface area contributed by atoms with Crippen LogP contribution < -0.4 is 10.2 Å². The molecule has 1 saturated heterocycles. The van der Waals surface area contributed by atoms with Crippen molar-refractivity contribution in [2.75, 3.05) is 31.5 Å². The van der Waals surface area contributed by atoms with Gasteiger partial charge in [0.2, 0.25) is 15.9 Å². The number of benzene rings is 2. The predicted molar refractivity (Wildman–Crippen MR) is 114 cm³/mol. The molecule has 156 valence electrons. The molecule has 2 N–H and O–H groups in total. The van der Waals surface area contributed by atoms with Gasteiger partial charge in [-0.2, -0.15) is 4.31 Å². The van der Waals surface area contributed by atoms with E-state index in [2.05, 4.69) is 36.5 Å². The molecule has 6 nitrogen and oxygen atoms in total. The number of hydrogen-bond donors (Lipinski definition) is 2. The number of quaternary nitrogens is 1. The summed E-state index contributed by atoms with van der Waals surface area (Å²) in [5, 5.41) is 2.65. The lowest BCUT2D eigenvalue weighted by atomic mass is 10.0. The van der Waals surface area contributed by atoms with Gasteiger partial charge in [-0.15, -0.1) is 0 Å². The normalized spacial score (nSPS) is 17.0. The summed E-state index contributed by atoms with van der Waals surface area (Å²) in [6.45, 7) is 6.37. The van der Waals surface area contributed by atoms with Gasteiger partial charge >= 0.3 is 0 Å². The second-order valence-corrected chi connectivity index (χ2v) is 9.63. The van der Waals surface area contributed by atoms with Crippen molar-refractivity contribution >= 4 is 21.6 Å². The molecular weight excluding hydrogens is 386 g/mol. The van der Waals surface area contributed by atoms with E-state index >= 15 is 0 Å². The Morgan fingerprint density at radius 2 is 1.69 bits per heavy atom. The number of amides is 1. The predicted octanol–water partition coefficient (Wildman–Crippen LogP) is 1.56. The van der Waals surface area contributed by atoms with Gasteiger partial charge in [-0.05, 0) is 43.2 Å². The number of carbonyl (C=O) groups excluding carboxylic acids is 1. The van der Waals surface area contributed by atoms with E-state index in [1.807, 2.05) is 6.07 Å². The van der Waals surface area contributed by atoms with Crippen LogP contribution in [-0.4, -0.2) is 50.9 Å². The molecule has 1 fully saturated rings. The molecule has 0 radical (unpaired) electrons. The third kappa shape index (κ3) is 5.65. The van der Waals surface area contributed by atoms with Crippen LogP contribution in [0.5, 0.6) is 0 Å². The Labute approximate surface area is 173 Å². The Balaban J connectivity index is 1.54. The van der Waals surface area contributed by atoms with E-state index in [9.17, 15) is 13.2 Å².